The molecule has 9 nitrogen and oxygen atoms in total. The van der Waals surface area contributed by atoms with Crippen LogP contribution in [0.15, 0.2) is 35.0 Å². The first kappa shape index (κ1) is 19.0. The van der Waals surface area contributed by atoms with Crippen LogP contribution in [0.4, 0.5) is 5.82 Å². The van der Waals surface area contributed by atoms with Crippen molar-refractivity contribution < 1.29 is 9.32 Å². The van der Waals surface area contributed by atoms with E-state index in [2.05, 4.69) is 30.4 Å². The molecular weight excluding hydrogens is 370 g/mol. The quantitative estimate of drug-likeness (QED) is 0.704. The van der Waals surface area contributed by atoms with Crippen LogP contribution in [0.3, 0.4) is 0 Å². The monoisotopic (exact) mass is 393 g/mol. The molecule has 3 aromatic heterocycles. The molecule has 1 aliphatic heterocycles. The van der Waals surface area contributed by atoms with Gasteiger partial charge in [-0.3, -0.25) is 9.78 Å². The highest BCUT2D eigenvalue weighted by Gasteiger charge is 2.28. The number of anilines is 1. The summed E-state index contributed by atoms with van der Waals surface area (Å²) in [6, 6.07) is 7.09. The van der Waals surface area contributed by atoms with Gasteiger partial charge >= 0.3 is 0 Å². The smallest absolute Gasteiger partial charge is 0.246 e. The van der Waals surface area contributed by atoms with Crippen molar-refractivity contribution in [1.29, 1.82) is 0 Å². The maximum atomic E-state index is 13.1. The molecule has 9 heteroatoms. The zero-order valence-corrected chi connectivity index (χ0v) is 16.5. The van der Waals surface area contributed by atoms with Crippen molar-refractivity contribution in [3.8, 4) is 11.5 Å². The minimum absolute atomic E-state index is 0.00834. The zero-order valence-electron chi connectivity index (χ0n) is 16.5. The van der Waals surface area contributed by atoms with Crippen molar-refractivity contribution >= 4 is 11.7 Å². The second-order valence-corrected chi connectivity index (χ2v) is 7.12. The number of carbonyl (C=O) groups excluding carboxylic acids is 1. The van der Waals surface area contributed by atoms with Crippen molar-refractivity contribution in [1.82, 2.24) is 30.0 Å². The molecule has 0 aliphatic carbocycles. The molecule has 3 aromatic rings. The SMILES string of the molecule is Cc1cc(NC2CCCCN(Cc3nc(C)no3)C2=O)nc(-c2ccccn2)n1. The lowest BCUT2D eigenvalue weighted by molar-refractivity contribution is -0.132. The molecule has 1 fully saturated rings. The highest BCUT2D eigenvalue weighted by molar-refractivity contribution is 5.84. The van der Waals surface area contributed by atoms with E-state index in [0.717, 1.165) is 25.0 Å². The molecular formula is C20H23N7O2. The van der Waals surface area contributed by atoms with Crippen LogP contribution in [0.5, 0.6) is 0 Å². The Morgan fingerprint density at radius 2 is 2.10 bits per heavy atom. The summed E-state index contributed by atoms with van der Waals surface area (Å²) in [6.45, 7) is 4.65. The van der Waals surface area contributed by atoms with Crippen molar-refractivity contribution in [3.05, 3.63) is 47.9 Å². The predicted octanol–water partition coefficient (Wildman–Crippen LogP) is 2.53. The molecule has 4 heterocycles. The van der Waals surface area contributed by atoms with Gasteiger partial charge in [0.2, 0.25) is 11.8 Å². The second-order valence-electron chi connectivity index (χ2n) is 7.12. The average molecular weight is 393 g/mol. The van der Waals surface area contributed by atoms with E-state index in [1.165, 1.54) is 0 Å². The number of pyridine rings is 1. The molecule has 1 aliphatic rings. The van der Waals surface area contributed by atoms with Crippen LogP contribution >= 0.6 is 0 Å². The summed E-state index contributed by atoms with van der Waals surface area (Å²) in [5.41, 5.74) is 1.50. The van der Waals surface area contributed by atoms with Crippen LogP contribution in [0.25, 0.3) is 11.5 Å². The molecule has 1 atom stereocenters. The van der Waals surface area contributed by atoms with Gasteiger partial charge in [-0.25, -0.2) is 9.97 Å². The first-order valence-corrected chi connectivity index (χ1v) is 9.70. The minimum atomic E-state index is -0.368. The van der Waals surface area contributed by atoms with Gasteiger partial charge in [-0.2, -0.15) is 4.98 Å². The lowest BCUT2D eigenvalue weighted by Crippen LogP contribution is -2.41. The predicted molar refractivity (Wildman–Crippen MR) is 106 cm³/mol. The fourth-order valence-corrected chi connectivity index (χ4v) is 3.39. The standard InChI is InChI=1S/C20H23N7O2/c1-13-11-17(25-19(22-13)15-7-3-5-9-21-15)24-16-8-4-6-10-27(20(16)28)12-18-23-14(2)26-29-18/h3,5,7,9,11,16H,4,6,8,10,12H2,1-2H3,(H,22,24,25). The second kappa shape index (κ2) is 8.34. The Morgan fingerprint density at radius 3 is 2.86 bits per heavy atom. The number of hydrogen-bond donors (Lipinski definition) is 1. The molecule has 1 unspecified atom stereocenters. The van der Waals surface area contributed by atoms with E-state index >= 15 is 0 Å². The number of amides is 1. The van der Waals surface area contributed by atoms with Gasteiger partial charge < -0.3 is 14.7 Å². The number of likely N-dealkylation sites (tertiary alicyclic amines) is 1. The van der Waals surface area contributed by atoms with E-state index in [4.69, 9.17) is 4.52 Å². The fraction of sp³-hybridized carbons (Fsp3) is 0.400. The lowest BCUT2D eigenvalue weighted by atomic mass is 10.1. The third-order valence-electron chi connectivity index (χ3n) is 4.75. The Bertz CT molecular complexity index is 990. The number of aromatic nitrogens is 5. The van der Waals surface area contributed by atoms with Crippen molar-refractivity contribution in [2.75, 3.05) is 11.9 Å². The molecule has 4 rings (SSSR count). The van der Waals surface area contributed by atoms with E-state index in [-0.39, 0.29) is 11.9 Å². The van der Waals surface area contributed by atoms with Gasteiger partial charge in [0.05, 0.1) is 0 Å². The van der Waals surface area contributed by atoms with E-state index in [1.54, 1.807) is 18.0 Å². The molecule has 0 radical (unpaired) electrons. The molecule has 1 amide bonds. The Morgan fingerprint density at radius 1 is 1.21 bits per heavy atom. The highest BCUT2D eigenvalue weighted by Crippen LogP contribution is 2.20. The largest absolute Gasteiger partial charge is 0.358 e. The molecule has 150 valence electrons. The van der Waals surface area contributed by atoms with Crippen molar-refractivity contribution in [2.45, 2.75) is 45.7 Å². The van der Waals surface area contributed by atoms with E-state index in [1.807, 2.05) is 31.2 Å². The Kier molecular flexibility index (Phi) is 5.46. The van der Waals surface area contributed by atoms with Gasteiger partial charge in [-0.15, -0.1) is 0 Å². The van der Waals surface area contributed by atoms with Crippen LogP contribution in [0.2, 0.25) is 0 Å². The normalized spacial score (nSPS) is 17.2. The maximum absolute atomic E-state index is 13.1. The first-order chi connectivity index (χ1) is 14.1. The van der Waals surface area contributed by atoms with E-state index < -0.39 is 0 Å². The number of aryl methyl sites for hydroxylation is 2. The lowest BCUT2D eigenvalue weighted by Gasteiger charge is -2.24. The molecule has 0 saturated carbocycles. The Balaban J connectivity index is 1.53. The topological polar surface area (TPSA) is 110 Å². The summed E-state index contributed by atoms with van der Waals surface area (Å²) in [6.07, 6.45) is 4.32. The third kappa shape index (κ3) is 4.56. The highest BCUT2D eigenvalue weighted by atomic mass is 16.5. The van der Waals surface area contributed by atoms with E-state index in [0.29, 0.717) is 42.1 Å². The molecule has 29 heavy (non-hydrogen) atoms. The van der Waals surface area contributed by atoms with Crippen LogP contribution in [0.1, 0.15) is 36.7 Å². The molecule has 1 N–H and O–H groups in total. The molecule has 0 aromatic carbocycles. The number of nitrogens with one attached hydrogen (secondary N) is 1. The summed E-state index contributed by atoms with van der Waals surface area (Å²) >= 11 is 0. The number of rotatable bonds is 5. The van der Waals surface area contributed by atoms with Gasteiger partial charge in [0, 0.05) is 24.5 Å². The summed E-state index contributed by atoms with van der Waals surface area (Å²) in [5, 5.41) is 7.11. The molecule has 1 saturated heterocycles. The van der Waals surface area contributed by atoms with Crippen molar-refractivity contribution in [2.24, 2.45) is 0 Å². The fourth-order valence-electron chi connectivity index (χ4n) is 3.39. The van der Waals surface area contributed by atoms with Gasteiger partial charge in [0.1, 0.15) is 24.1 Å². The van der Waals surface area contributed by atoms with Crippen LogP contribution in [-0.4, -0.2) is 48.5 Å². The first-order valence-electron chi connectivity index (χ1n) is 9.70. The summed E-state index contributed by atoms with van der Waals surface area (Å²) in [7, 11) is 0. The van der Waals surface area contributed by atoms with Gasteiger partial charge in [-0.1, -0.05) is 11.2 Å². The minimum Gasteiger partial charge on any atom is -0.358 e. The van der Waals surface area contributed by atoms with Gasteiger partial charge in [0.15, 0.2) is 11.6 Å². The summed E-state index contributed by atoms with van der Waals surface area (Å²) in [4.78, 5) is 32.5. The zero-order chi connectivity index (χ0) is 20.2. The van der Waals surface area contributed by atoms with Crippen LogP contribution < -0.4 is 5.32 Å². The van der Waals surface area contributed by atoms with Gasteiger partial charge in [-0.05, 0) is 45.2 Å². The third-order valence-corrected chi connectivity index (χ3v) is 4.75. The summed E-state index contributed by atoms with van der Waals surface area (Å²) in [5.74, 6) is 2.18. The Labute approximate surface area is 168 Å². The number of hydrogen-bond acceptors (Lipinski definition) is 8. The van der Waals surface area contributed by atoms with Gasteiger partial charge in [0.25, 0.3) is 0 Å². The van der Waals surface area contributed by atoms with Crippen molar-refractivity contribution in [3.63, 3.8) is 0 Å². The van der Waals surface area contributed by atoms with Crippen LogP contribution in [0, 0.1) is 13.8 Å². The van der Waals surface area contributed by atoms with Crippen LogP contribution in [-0.2, 0) is 11.3 Å². The average Bonchev–Trinajstić information content (AvgIpc) is 3.05. The molecule has 0 bridgehead atoms. The molecule has 0 spiro atoms. The summed E-state index contributed by atoms with van der Waals surface area (Å²) < 4.78 is 5.19. The number of nitrogens with zero attached hydrogens (tertiary/aromatic N) is 6. The number of carbonyl (C=O) groups is 1. The maximum Gasteiger partial charge on any atom is 0.246 e. The Hall–Kier alpha value is -3.36. The van der Waals surface area contributed by atoms with E-state index in [9.17, 15) is 4.79 Å².